The fraction of sp³-hybridized carbons (Fsp3) is 0.300. The summed E-state index contributed by atoms with van der Waals surface area (Å²) in [6, 6.07) is 10.7. The number of rotatable bonds is 8. The molecule has 0 saturated heterocycles. The minimum Gasteiger partial charge on any atom is -0.478 e. The second-order valence-corrected chi connectivity index (χ2v) is 7.00. The molecular weight excluding hydrogens is 336 g/mol. The minimum absolute atomic E-state index is 0.346. The van der Waals surface area contributed by atoms with Crippen LogP contribution in [-0.2, 0) is 12.8 Å². The molecule has 0 aliphatic carbocycles. The van der Waals surface area contributed by atoms with Gasteiger partial charge in [0.15, 0.2) is 0 Å². The zero-order chi connectivity index (χ0) is 18.4. The lowest BCUT2D eigenvalue weighted by Crippen LogP contribution is -2.03. The second kappa shape index (κ2) is 8.72. The molecule has 0 amide bonds. The highest BCUT2D eigenvalue weighted by Gasteiger charge is 2.13. The number of hydrogen-bond acceptors (Lipinski definition) is 3. The molecule has 0 aromatic heterocycles. The van der Waals surface area contributed by atoms with E-state index in [1.807, 2.05) is 26.0 Å². The van der Waals surface area contributed by atoms with Crippen molar-refractivity contribution in [2.45, 2.75) is 49.3 Å². The van der Waals surface area contributed by atoms with Crippen LogP contribution in [0.5, 0.6) is 0 Å². The van der Waals surface area contributed by atoms with Crippen LogP contribution in [0, 0.1) is 0 Å². The van der Waals surface area contributed by atoms with E-state index in [2.05, 4.69) is 0 Å². The highest BCUT2D eigenvalue weighted by Crippen LogP contribution is 2.31. The first-order valence-corrected chi connectivity index (χ1v) is 9.18. The Balaban J connectivity index is 2.32. The first-order chi connectivity index (χ1) is 12.0. The lowest BCUT2D eigenvalue weighted by molar-refractivity contribution is 0.0684. The number of benzene rings is 2. The molecule has 2 rings (SSSR count). The molecule has 0 radical (unpaired) electrons. The fourth-order valence-corrected chi connectivity index (χ4v) is 3.72. The van der Waals surface area contributed by atoms with Crippen molar-refractivity contribution in [3.05, 3.63) is 58.7 Å². The molecule has 0 heterocycles. The van der Waals surface area contributed by atoms with Crippen molar-refractivity contribution < 1.29 is 19.8 Å². The summed E-state index contributed by atoms with van der Waals surface area (Å²) in [5.41, 5.74) is 2.35. The van der Waals surface area contributed by atoms with E-state index < -0.39 is 11.9 Å². The summed E-state index contributed by atoms with van der Waals surface area (Å²) < 4.78 is 0. The highest BCUT2D eigenvalue weighted by molar-refractivity contribution is 7.99. The summed E-state index contributed by atoms with van der Waals surface area (Å²) in [5, 5.41) is 18.6. The SMILES string of the molecule is CCCc1cc(Sc2ccc(C(=O)O)c(CCC)c2)ccc1C(=O)O. The van der Waals surface area contributed by atoms with Gasteiger partial charge in [0.05, 0.1) is 11.1 Å². The van der Waals surface area contributed by atoms with Crippen molar-refractivity contribution >= 4 is 23.7 Å². The van der Waals surface area contributed by atoms with Crippen molar-refractivity contribution in [1.82, 2.24) is 0 Å². The second-order valence-electron chi connectivity index (χ2n) is 5.85. The van der Waals surface area contributed by atoms with Gasteiger partial charge < -0.3 is 10.2 Å². The van der Waals surface area contributed by atoms with E-state index in [0.717, 1.165) is 46.6 Å². The number of hydrogen-bond donors (Lipinski definition) is 2. The molecule has 25 heavy (non-hydrogen) atoms. The molecular formula is C20H22O4S. The molecule has 0 fully saturated rings. The summed E-state index contributed by atoms with van der Waals surface area (Å²) in [7, 11) is 0. The lowest BCUT2D eigenvalue weighted by atomic mass is 10.0. The molecule has 0 spiro atoms. The smallest absolute Gasteiger partial charge is 0.335 e. The van der Waals surface area contributed by atoms with Gasteiger partial charge in [-0.3, -0.25) is 0 Å². The number of carbonyl (C=O) groups is 2. The first kappa shape index (κ1) is 19.1. The largest absolute Gasteiger partial charge is 0.478 e. The Morgan fingerprint density at radius 1 is 0.800 bits per heavy atom. The van der Waals surface area contributed by atoms with Gasteiger partial charge in [-0.1, -0.05) is 38.5 Å². The number of carboxylic acids is 2. The van der Waals surface area contributed by atoms with Crippen molar-refractivity contribution in [2.75, 3.05) is 0 Å². The van der Waals surface area contributed by atoms with E-state index in [9.17, 15) is 19.8 Å². The van der Waals surface area contributed by atoms with E-state index in [1.54, 1.807) is 24.3 Å². The third-order valence-corrected chi connectivity index (χ3v) is 4.87. The zero-order valence-corrected chi connectivity index (χ0v) is 15.2. The van der Waals surface area contributed by atoms with Crippen LogP contribution < -0.4 is 0 Å². The quantitative estimate of drug-likeness (QED) is 0.683. The molecule has 0 unspecified atom stereocenters. The van der Waals surface area contributed by atoms with Crippen molar-refractivity contribution in [3.8, 4) is 0 Å². The Morgan fingerprint density at radius 2 is 1.20 bits per heavy atom. The van der Waals surface area contributed by atoms with Gasteiger partial charge in [0.2, 0.25) is 0 Å². The Labute approximate surface area is 151 Å². The first-order valence-electron chi connectivity index (χ1n) is 8.36. The van der Waals surface area contributed by atoms with Gasteiger partial charge in [-0.2, -0.15) is 0 Å². The molecule has 132 valence electrons. The Bertz CT molecular complexity index is 718. The van der Waals surface area contributed by atoms with Gasteiger partial charge in [0, 0.05) is 9.79 Å². The molecule has 0 atom stereocenters. The summed E-state index contributed by atoms with van der Waals surface area (Å²) in [6.45, 7) is 4.04. The van der Waals surface area contributed by atoms with Crippen LogP contribution in [0.15, 0.2) is 46.2 Å². The van der Waals surface area contributed by atoms with Crippen molar-refractivity contribution in [3.63, 3.8) is 0 Å². The third kappa shape index (κ3) is 4.86. The van der Waals surface area contributed by atoms with Crippen molar-refractivity contribution in [2.24, 2.45) is 0 Å². The Morgan fingerprint density at radius 3 is 1.52 bits per heavy atom. The third-order valence-electron chi connectivity index (χ3n) is 3.89. The number of aryl methyl sites for hydroxylation is 2. The van der Waals surface area contributed by atoms with E-state index in [4.69, 9.17) is 0 Å². The maximum Gasteiger partial charge on any atom is 0.335 e. The normalized spacial score (nSPS) is 10.6. The standard InChI is InChI=1S/C20H22O4S/c1-3-5-13-11-15(7-9-17(13)19(21)22)25-16-8-10-18(20(23)24)14(12-16)6-4-2/h7-12H,3-6H2,1-2H3,(H,21,22)(H,23,24). The molecule has 0 saturated carbocycles. The predicted octanol–water partition coefficient (Wildman–Crippen LogP) is 5.14. The molecule has 0 aliphatic heterocycles. The van der Waals surface area contributed by atoms with Crippen LogP contribution >= 0.6 is 11.8 Å². The van der Waals surface area contributed by atoms with E-state index >= 15 is 0 Å². The van der Waals surface area contributed by atoms with Gasteiger partial charge in [0.25, 0.3) is 0 Å². The molecule has 5 heteroatoms. The van der Waals surface area contributed by atoms with Gasteiger partial charge in [-0.05, 0) is 60.4 Å². The monoisotopic (exact) mass is 358 g/mol. The lowest BCUT2D eigenvalue weighted by Gasteiger charge is -2.10. The van der Waals surface area contributed by atoms with Crippen LogP contribution in [0.2, 0.25) is 0 Å². The van der Waals surface area contributed by atoms with E-state index in [-0.39, 0.29) is 0 Å². The number of carboxylic acid groups (broad SMARTS) is 2. The van der Waals surface area contributed by atoms with Crippen LogP contribution in [0.1, 0.15) is 58.5 Å². The van der Waals surface area contributed by atoms with Gasteiger partial charge in [0.1, 0.15) is 0 Å². The predicted molar refractivity (Wildman–Crippen MR) is 98.9 cm³/mol. The summed E-state index contributed by atoms with van der Waals surface area (Å²) in [5.74, 6) is -1.81. The molecule has 2 aromatic carbocycles. The van der Waals surface area contributed by atoms with Crippen LogP contribution in [0.3, 0.4) is 0 Å². The van der Waals surface area contributed by atoms with Crippen LogP contribution in [0.25, 0.3) is 0 Å². The van der Waals surface area contributed by atoms with Gasteiger partial charge in [-0.15, -0.1) is 0 Å². The minimum atomic E-state index is -0.906. The number of aromatic carboxylic acids is 2. The van der Waals surface area contributed by atoms with Gasteiger partial charge in [-0.25, -0.2) is 9.59 Å². The fourth-order valence-electron chi connectivity index (χ4n) is 2.77. The molecule has 2 N–H and O–H groups in total. The maximum atomic E-state index is 11.3. The molecule has 2 aromatic rings. The van der Waals surface area contributed by atoms with E-state index in [1.165, 1.54) is 11.8 Å². The summed E-state index contributed by atoms with van der Waals surface area (Å²) >= 11 is 1.52. The van der Waals surface area contributed by atoms with Crippen molar-refractivity contribution in [1.29, 1.82) is 0 Å². The maximum absolute atomic E-state index is 11.3. The highest BCUT2D eigenvalue weighted by atomic mass is 32.2. The van der Waals surface area contributed by atoms with Crippen LogP contribution in [-0.4, -0.2) is 22.2 Å². The molecule has 0 bridgehead atoms. The van der Waals surface area contributed by atoms with E-state index in [0.29, 0.717) is 11.1 Å². The summed E-state index contributed by atoms with van der Waals surface area (Å²) in [6.07, 6.45) is 3.19. The molecule has 0 aliphatic rings. The molecule has 4 nitrogen and oxygen atoms in total. The average molecular weight is 358 g/mol. The van der Waals surface area contributed by atoms with Crippen LogP contribution in [0.4, 0.5) is 0 Å². The zero-order valence-electron chi connectivity index (χ0n) is 14.4. The topological polar surface area (TPSA) is 74.6 Å². The Kier molecular flexibility index (Phi) is 6.65. The average Bonchev–Trinajstić information content (AvgIpc) is 2.55. The Hall–Kier alpha value is -2.27. The van der Waals surface area contributed by atoms with Gasteiger partial charge >= 0.3 is 11.9 Å². The summed E-state index contributed by atoms with van der Waals surface area (Å²) in [4.78, 5) is 24.6.